The fourth-order valence-corrected chi connectivity index (χ4v) is 5.47. The molecule has 6 rings (SSSR count). The first-order valence-corrected chi connectivity index (χ1v) is 10.3. The highest BCUT2D eigenvalue weighted by Gasteiger charge is 2.16. The molecule has 2 heterocycles. The fourth-order valence-electron chi connectivity index (χ4n) is 4.35. The van der Waals surface area contributed by atoms with Gasteiger partial charge in [0.15, 0.2) is 0 Å². The average molecular weight is 379 g/mol. The Morgan fingerprint density at radius 3 is 2.29 bits per heavy atom. The van der Waals surface area contributed by atoms with Gasteiger partial charge in [-0.2, -0.15) is 0 Å². The lowest BCUT2D eigenvalue weighted by atomic mass is 10.1. The van der Waals surface area contributed by atoms with E-state index in [1.165, 1.54) is 42.0 Å². The molecule has 6 aromatic rings. The lowest BCUT2D eigenvalue weighted by Gasteiger charge is -2.12. The predicted molar refractivity (Wildman–Crippen MR) is 122 cm³/mol. The quantitative estimate of drug-likeness (QED) is 0.361. The van der Waals surface area contributed by atoms with Crippen LogP contribution < -0.4 is 5.73 Å². The van der Waals surface area contributed by atoms with Crippen LogP contribution in [0, 0.1) is 0 Å². The van der Waals surface area contributed by atoms with Crippen molar-refractivity contribution in [1.82, 2.24) is 4.57 Å². The molecule has 0 saturated carbocycles. The van der Waals surface area contributed by atoms with E-state index in [0.717, 1.165) is 11.3 Å². The fraction of sp³-hybridized carbons (Fsp3) is 0.0400. The summed E-state index contributed by atoms with van der Waals surface area (Å²) in [6, 6.07) is 30.5. The number of nitrogens with two attached hydrogens (primary N) is 1. The molecular weight excluding hydrogens is 360 g/mol. The summed E-state index contributed by atoms with van der Waals surface area (Å²) >= 11 is 1.86. The van der Waals surface area contributed by atoms with Gasteiger partial charge in [0.05, 0.1) is 16.7 Å². The molecule has 2 N–H and O–H groups in total. The molecule has 134 valence electrons. The van der Waals surface area contributed by atoms with E-state index in [1.807, 2.05) is 11.3 Å². The van der Waals surface area contributed by atoms with Crippen LogP contribution in [-0.2, 0) is 6.54 Å². The van der Waals surface area contributed by atoms with Gasteiger partial charge in [-0.3, -0.25) is 0 Å². The summed E-state index contributed by atoms with van der Waals surface area (Å²) < 4.78 is 5.03. The van der Waals surface area contributed by atoms with Gasteiger partial charge in [-0.05, 0) is 35.9 Å². The highest BCUT2D eigenvalue weighted by molar-refractivity contribution is 7.25. The van der Waals surface area contributed by atoms with Gasteiger partial charge in [0.2, 0.25) is 0 Å². The standard InChI is InChI=1S/C25H18N2S/c26-15-16-7-1-4-10-21(16)27-22-11-5-2-8-17(22)19-13-20-18-9-3-6-12-24(18)28-25(20)14-23(19)27/h1-14H,15,26H2. The first kappa shape index (κ1) is 15.9. The summed E-state index contributed by atoms with van der Waals surface area (Å²) in [6.45, 7) is 0.523. The monoisotopic (exact) mass is 378 g/mol. The second-order valence-electron chi connectivity index (χ2n) is 7.15. The number of fused-ring (bicyclic) bond motifs is 6. The van der Waals surface area contributed by atoms with E-state index >= 15 is 0 Å². The third-order valence-electron chi connectivity index (χ3n) is 5.62. The molecule has 0 amide bonds. The average Bonchev–Trinajstić information content (AvgIpc) is 3.27. The topological polar surface area (TPSA) is 30.9 Å². The van der Waals surface area contributed by atoms with Crippen LogP contribution >= 0.6 is 11.3 Å². The van der Waals surface area contributed by atoms with Crippen LogP contribution in [0.3, 0.4) is 0 Å². The molecule has 28 heavy (non-hydrogen) atoms. The van der Waals surface area contributed by atoms with Crippen molar-refractivity contribution >= 4 is 53.3 Å². The van der Waals surface area contributed by atoms with Crippen molar-refractivity contribution in [2.75, 3.05) is 0 Å². The molecule has 0 unspecified atom stereocenters. The van der Waals surface area contributed by atoms with Gasteiger partial charge in [-0.25, -0.2) is 0 Å². The number of thiophene rings is 1. The van der Waals surface area contributed by atoms with Crippen molar-refractivity contribution in [1.29, 1.82) is 0 Å². The Morgan fingerprint density at radius 1 is 0.643 bits per heavy atom. The zero-order chi connectivity index (χ0) is 18.7. The number of para-hydroxylation sites is 2. The lowest BCUT2D eigenvalue weighted by molar-refractivity contribution is 1.03. The van der Waals surface area contributed by atoms with Gasteiger partial charge in [-0.15, -0.1) is 11.3 Å². The molecule has 0 saturated heterocycles. The molecule has 0 spiro atoms. The molecule has 0 aliphatic carbocycles. The molecule has 3 heteroatoms. The minimum Gasteiger partial charge on any atom is -0.326 e. The Bertz CT molecular complexity index is 1500. The Balaban J connectivity index is 1.83. The number of hydrogen-bond donors (Lipinski definition) is 1. The van der Waals surface area contributed by atoms with E-state index < -0.39 is 0 Å². The number of nitrogens with zero attached hydrogens (tertiary/aromatic N) is 1. The summed E-state index contributed by atoms with van der Waals surface area (Å²) in [4.78, 5) is 0. The van der Waals surface area contributed by atoms with Crippen molar-refractivity contribution in [3.8, 4) is 5.69 Å². The first-order valence-electron chi connectivity index (χ1n) is 9.48. The molecule has 4 aromatic carbocycles. The predicted octanol–water partition coefficient (Wildman–Crippen LogP) is 6.61. The SMILES string of the molecule is NCc1ccccc1-n1c2ccccc2c2cc3c(cc21)sc1ccccc13. The van der Waals surface area contributed by atoms with Crippen molar-refractivity contribution in [2.45, 2.75) is 6.54 Å². The molecule has 2 nitrogen and oxygen atoms in total. The second kappa shape index (κ2) is 5.93. The minimum absolute atomic E-state index is 0.523. The number of aromatic nitrogens is 1. The summed E-state index contributed by atoms with van der Waals surface area (Å²) in [6.07, 6.45) is 0. The Morgan fingerprint density at radius 2 is 1.39 bits per heavy atom. The first-order chi connectivity index (χ1) is 13.8. The largest absolute Gasteiger partial charge is 0.326 e. The molecule has 0 fully saturated rings. The Kier molecular flexibility index (Phi) is 3.36. The smallest absolute Gasteiger partial charge is 0.0555 e. The van der Waals surface area contributed by atoms with E-state index in [-0.39, 0.29) is 0 Å². The maximum atomic E-state index is 6.08. The number of benzene rings is 4. The van der Waals surface area contributed by atoms with Gasteiger partial charge >= 0.3 is 0 Å². The minimum atomic E-state index is 0.523. The third-order valence-corrected chi connectivity index (χ3v) is 6.76. The molecule has 0 bridgehead atoms. The van der Waals surface area contributed by atoms with E-state index in [9.17, 15) is 0 Å². The summed E-state index contributed by atoms with van der Waals surface area (Å²) in [5, 5.41) is 5.24. The van der Waals surface area contributed by atoms with Crippen LogP contribution in [0.15, 0.2) is 84.9 Å². The summed E-state index contributed by atoms with van der Waals surface area (Å²) in [5.74, 6) is 0. The number of hydrogen-bond acceptors (Lipinski definition) is 2. The van der Waals surface area contributed by atoms with Crippen molar-refractivity contribution in [3.63, 3.8) is 0 Å². The molecule has 0 atom stereocenters. The zero-order valence-corrected chi connectivity index (χ0v) is 16.0. The van der Waals surface area contributed by atoms with Crippen LogP contribution in [0.5, 0.6) is 0 Å². The van der Waals surface area contributed by atoms with Gasteiger partial charge in [0.25, 0.3) is 0 Å². The Labute approximate surface area is 166 Å². The molecular formula is C25H18N2S. The zero-order valence-electron chi connectivity index (χ0n) is 15.2. The van der Waals surface area contributed by atoms with Gasteiger partial charge < -0.3 is 10.3 Å². The van der Waals surface area contributed by atoms with Gasteiger partial charge in [0.1, 0.15) is 0 Å². The molecule has 0 radical (unpaired) electrons. The molecule has 0 aliphatic rings. The normalized spacial score (nSPS) is 11.9. The van der Waals surface area contributed by atoms with Crippen LogP contribution in [0.1, 0.15) is 5.56 Å². The van der Waals surface area contributed by atoms with Crippen molar-refractivity contribution in [3.05, 3.63) is 90.5 Å². The number of rotatable bonds is 2. The van der Waals surface area contributed by atoms with Crippen LogP contribution in [0.4, 0.5) is 0 Å². The molecule has 2 aromatic heterocycles. The highest BCUT2D eigenvalue weighted by Crippen LogP contribution is 2.40. The van der Waals surface area contributed by atoms with E-state index in [0.29, 0.717) is 6.54 Å². The van der Waals surface area contributed by atoms with Crippen LogP contribution in [0.25, 0.3) is 47.7 Å². The van der Waals surface area contributed by atoms with Crippen molar-refractivity contribution < 1.29 is 0 Å². The maximum absolute atomic E-state index is 6.08. The highest BCUT2D eigenvalue weighted by atomic mass is 32.1. The van der Waals surface area contributed by atoms with E-state index in [4.69, 9.17) is 5.73 Å². The Hall–Kier alpha value is -3.14. The lowest BCUT2D eigenvalue weighted by Crippen LogP contribution is -2.04. The maximum Gasteiger partial charge on any atom is 0.0555 e. The third kappa shape index (κ3) is 2.12. The molecule has 0 aliphatic heterocycles. The van der Waals surface area contributed by atoms with E-state index in [1.54, 1.807) is 0 Å². The van der Waals surface area contributed by atoms with E-state index in [2.05, 4.69) is 89.5 Å². The van der Waals surface area contributed by atoms with Gasteiger partial charge in [-0.1, -0.05) is 54.6 Å². The van der Waals surface area contributed by atoms with Crippen LogP contribution in [0.2, 0.25) is 0 Å². The van der Waals surface area contributed by atoms with Crippen LogP contribution in [-0.4, -0.2) is 4.57 Å². The van der Waals surface area contributed by atoms with Crippen molar-refractivity contribution in [2.24, 2.45) is 5.73 Å². The van der Waals surface area contributed by atoms with Gasteiger partial charge in [0, 0.05) is 37.5 Å². The summed E-state index contributed by atoms with van der Waals surface area (Å²) in [5.41, 5.74) is 10.9. The summed E-state index contributed by atoms with van der Waals surface area (Å²) in [7, 11) is 0. The second-order valence-corrected chi connectivity index (χ2v) is 8.23.